The summed E-state index contributed by atoms with van der Waals surface area (Å²) in [5, 5.41) is 14.0. The molecule has 1 aliphatic heterocycles. The minimum atomic E-state index is -0.529. The average molecular weight is 279 g/mol. The Morgan fingerprint density at radius 3 is 3.00 bits per heavy atom. The van der Waals surface area contributed by atoms with Gasteiger partial charge in [0.15, 0.2) is 0 Å². The van der Waals surface area contributed by atoms with Gasteiger partial charge < -0.3 is 15.0 Å². The minimum absolute atomic E-state index is 0.0829. The number of para-hydroxylation sites is 1. The Hall–Kier alpha value is -1.99. The van der Waals surface area contributed by atoms with Crippen LogP contribution in [0.2, 0.25) is 0 Å². The van der Waals surface area contributed by atoms with Crippen LogP contribution < -0.4 is 5.32 Å². The second kappa shape index (κ2) is 6.44. The van der Waals surface area contributed by atoms with Crippen molar-refractivity contribution in [2.24, 2.45) is 0 Å². The van der Waals surface area contributed by atoms with Gasteiger partial charge >= 0.3 is 0 Å². The molecule has 1 saturated heterocycles. The van der Waals surface area contributed by atoms with Crippen LogP contribution in [0.15, 0.2) is 24.3 Å². The fraction of sp³-hybridized carbons (Fsp3) is 0.462. The number of benzene rings is 1. The van der Waals surface area contributed by atoms with E-state index >= 15 is 0 Å². The predicted molar refractivity (Wildman–Crippen MR) is 72.7 cm³/mol. The average Bonchev–Trinajstić information content (AvgIpc) is 2.47. The van der Waals surface area contributed by atoms with Gasteiger partial charge in [-0.1, -0.05) is 12.1 Å². The Bertz CT molecular complexity index is 504. The number of nitrogens with one attached hydrogen (secondary N) is 1. The summed E-state index contributed by atoms with van der Waals surface area (Å²) < 4.78 is 5.52. The van der Waals surface area contributed by atoms with E-state index in [9.17, 15) is 14.9 Å². The molecular formula is C13H17N3O4. The smallest absolute Gasteiger partial charge is 0.282 e. The van der Waals surface area contributed by atoms with Gasteiger partial charge in [0, 0.05) is 25.7 Å². The highest BCUT2D eigenvalue weighted by molar-refractivity contribution is 5.98. The van der Waals surface area contributed by atoms with E-state index in [2.05, 4.69) is 5.32 Å². The van der Waals surface area contributed by atoms with E-state index in [4.69, 9.17) is 4.74 Å². The van der Waals surface area contributed by atoms with Crippen LogP contribution >= 0.6 is 0 Å². The van der Waals surface area contributed by atoms with Gasteiger partial charge in [0.25, 0.3) is 11.6 Å². The number of rotatable bonds is 4. The van der Waals surface area contributed by atoms with Crippen LogP contribution in [0.3, 0.4) is 0 Å². The van der Waals surface area contributed by atoms with Gasteiger partial charge in [0.1, 0.15) is 5.56 Å². The van der Waals surface area contributed by atoms with Gasteiger partial charge in [-0.15, -0.1) is 0 Å². The Kier molecular flexibility index (Phi) is 4.65. The third kappa shape index (κ3) is 3.12. The second-order valence-corrected chi connectivity index (χ2v) is 4.58. The lowest BCUT2D eigenvalue weighted by atomic mass is 10.1. The topological polar surface area (TPSA) is 84.7 Å². The van der Waals surface area contributed by atoms with Crippen LogP contribution in [0.1, 0.15) is 10.4 Å². The first-order valence-corrected chi connectivity index (χ1v) is 6.42. The zero-order valence-corrected chi connectivity index (χ0v) is 11.2. The van der Waals surface area contributed by atoms with Crippen molar-refractivity contribution in [3.05, 3.63) is 39.9 Å². The molecule has 1 N–H and O–H groups in total. The molecule has 0 saturated carbocycles. The number of hydrogen-bond donors (Lipinski definition) is 1. The number of nitro groups is 1. The van der Waals surface area contributed by atoms with Crippen molar-refractivity contribution in [1.82, 2.24) is 10.2 Å². The lowest BCUT2D eigenvalue weighted by molar-refractivity contribution is -0.385. The number of nitrogens with zero attached hydrogens (tertiary/aromatic N) is 2. The van der Waals surface area contributed by atoms with Gasteiger partial charge in [-0.2, -0.15) is 0 Å². The summed E-state index contributed by atoms with van der Waals surface area (Å²) in [6, 6.07) is 6.02. The summed E-state index contributed by atoms with van der Waals surface area (Å²) in [7, 11) is 1.81. The Morgan fingerprint density at radius 1 is 1.55 bits per heavy atom. The molecule has 7 heteroatoms. The molecule has 0 aliphatic carbocycles. The first-order valence-electron chi connectivity index (χ1n) is 6.42. The SMILES string of the molecule is CNCC1CN(C(=O)c2ccccc2[N+](=O)[O-])CCO1. The van der Waals surface area contributed by atoms with E-state index in [0.717, 1.165) is 0 Å². The highest BCUT2D eigenvalue weighted by atomic mass is 16.6. The van der Waals surface area contributed by atoms with E-state index in [1.54, 1.807) is 17.0 Å². The minimum Gasteiger partial charge on any atom is -0.373 e. The molecule has 1 unspecified atom stereocenters. The van der Waals surface area contributed by atoms with E-state index < -0.39 is 4.92 Å². The molecule has 1 aromatic carbocycles. The van der Waals surface area contributed by atoms with Crippen LogP contribution in [0, 0.1) is 10.1 Å². The maximum atomic E-state index is 12.4. The molecule has 0 bridgehead atoms. The summed E-state index contributed by atoms with van der Waals surface area (Å²) in [6.45, 7) is 1.97. The molecule has 1 heterocycles. The number of ether oxygens (including phenoxy) is 1. The lowest BCUT2D eigenvalue weighted by Crippen LogP contribution is -2.48. The Labute approximate surface area is 116 Å². The van der Waals surface area contributed by atoms with Gasteiger partial charge in [-0.25, -0.2) is 0 Å². The van der Waals surface area contributed by atoms with Crippen molar-refractivity contribution in [2.75, 3.05) is 33.3 Å². The maximum Gasteiger partial charge on any atom is 0.282 e. The monoisotopic (exact) mass is 279 g/mol. The molecule has 2 rings (SSSR count). The summed E-state index contributed by atoms with van der Waals surface area (Å²) in [5.41, 5.74) is -0.0308. The first-order chi connectivity index (χ1) is 9.63. The quantitative estimate of drug-likeness (QED) is 0.646. The van der Waals surface area contributed by atoms with Crippen LogP contribution in [-0.2, 0) is 4.74 Å². The van der Waals surface area contributed by atoms with Crippen LogP contribution in [-0.4, -0.2) is 55.1 Å². The highest BCUT2D eigenvalue weighted by Crippen LogP contribution is 2.20. The van der Waals surface area contributed by atoms with E-state index in [1.165, 1.54) is 12.1 Å². The van der Waals surface area contributed by atoms with Gasteiger partial charge in [0.05, 0.1) is 17.6 Å². The van der Waals surface area contributed by atoms with Crippen molar-refractivity contribution in [3.63, 3.8) is 0 Å². The van der Waals surface area contributed by atoms with Gasteiger partial charge in [-0.05, 0) is 13.1 Å². The van der Waals surface area contributed by atoms with Crippen LogP contribution in [0.25, 0.3) is 0 Å². The molecule has 20 heavy (non-hydrogen) atoms. The third-order valence-electron chi connectivity index (χ3n) is 3.19. The zero-order chi connectivity index (χ0) is 14.5. The van der Waals surface area contributed by atoms with Gasteiger partial charge in [0.2, 0.25) is 0 Å². The van der Waals surface area contributed by atoms with Crippen molar-refractivity contribution < 1.29 is 14.5 Å². The molecule has 7 nitrogen and oxygen atoms in total. The van der Waals surface area contributed by atoms with E-state index in [-0.39, 0.29) is 23.3 Å². The molecule has 1 fully saturated rings. The maximum absolute atomic E-state index is 12.4. The predicted octanol–water partition coefficient (Wildman–Crippen LogP) is 0.655. The van der Waals surface area contributed by atoms with Crippen LogP contribution in [0.5, 0.6) is 0 Å². The molecule has 0 spiro atoms. The molecule has 1 aliphatic rings. The van der Waals surface area contributed by atoms with E-state index in [0.29, 0.717) is 26.2 Å². The van der Waals surface area contributed by atoms with Gasteiger partial charge in [-0.3, -0.25) is 14.9 Å². The van der Waals surface area contributed by atoms with Crippen molar-refractivity contribution >= 4 is 11.6 Å². The number of nitro benzene ring substituents is 1. The summed E-state index contributed by atoms with van der Waals surface area (Å²) in [6.07, 6.45) is -0.0829. The van der Waals surface area contributed by atoms with E-state index in [1.807, 2.05) is 7.05 Å². The Morgan fingerprint density at radius 2 is 2.30 bits per heavy atom. The number of hydrogen-bond acceptors (Lipinski definition) is 5. The zero-order valence-electron chi connectivity index (χ0n) is 11.2. The van der Waals surface area contributed by atoms with Crippen molar-refractivity contribution in [3.8, 4) is 0 Å². The number of amides is 1. The lowest BCUT2D eigenvalue weighted by Gasteiger charge is -2.32. The standard InChI is InChI=1S/C13H17N3O4/c1-14-8-10-9-15(6-7-20-10)13(17)11-4-2-3-5-12(11)16(18)19/h2-5,10,14H,6-9H2,1H3. The molecule has 0 aromatic heterocycles. The molecule has 0 radical (unpaired) electrons. The van der Waals surface area contributed by atoms with Crippen molar-refractivity contribution in [2.45, 2.75) is 6.10 Å². The molecular weight excluding hydrogens is 262 g/mol. The summed E-state index contributed by atoms with van der Waals surface area (Å²) >= 11 is 0. The Balaban J connectivity index is 2.17. The second-order valence-electron chi connectivity index (χ2n) is 4.58. The number of carbonyl (C=O) groups is 1. The molecule has 1 amide bonds. The first kappa shape index (κ1) is 14.4. The third-order valence-corrected chi connectivity index (χ3v) is 3.19. The van der Waals surface area contributed by atoms with Crippen LogP contribution in [0.4, 0.5) is 5.69 Å². The molecule has 108 valence electrons. The summed E-state index contributed by atoms with van der Waals surface area (Å²) in [5.74, 6) is -0.318. The fourth-order valence-corrected chi connectivity index (χ4v) is 2.24. The fourth-order valence-electron chi connectivity index (χ4n) is 2.24. The number of carbonyl (C=O) groups excluding carboxylic acids is 1. The molecule has 1 atom stereocenters. The normalized spacial score (nSPS) is 18.9. The number of likely N-dealkylation sites (N-methyl/N-ethyl adjacent to an activating group) is 1. The highest BCUT2D eigenvalue weighted by Gasteiger charge is 2.28. The molecule has 1 aromatic rings. The largest absolute Gasteiger partial charge is 0.373 e. The van der Waals surface area contributed by atoms with Crippen molar-refractivity contribution in [1.29, 1.82) is 0 Å². The number of morpholine rings is 1. The summed E-state index contributed by atoms with van der Waals surface area (Å²) in [4.78, 5) is 24.5.